The molecule has 4 heteroatoms. The Hall–Kier alpha value is -2.49. The van der Waals surface area contributed by atoms with Gasteiger partial charge in [-0.15, -0.1) is 0 Å². The normalized spacial score (nSPS) is 11.7. The van der Waals surface area contributed by atoms with E-state index in [0.29, 0.717) is 11.5 Å². The molecule has 1 N–H and O–H groups in total. The van der Waals surface area contributed by atoms with Crippen molar-refractivity contribution < 1.29 is 19.4 Å². The monoisotopic (exact) mass is 272 g/mol. The van der Waals surface area contributed by atoms with Gasteiger partial charge in [0.25, 0.3) is 0 Å². The van der Waals surface area contributed by atoms with Crippen molar-refractivity contribution in [1.82, 2.24) is 0 Å². The Labute approximate surface area is 117 Å². The molecule has 0 fully saturated rings. The summed E-state index contributed by atoms with van der Waals surface area (Å²) in [5.74, 6) is -0.492. The van der Waals surface area contributed by atoms with Gasteiger partial charge in [0.2, 0.25) is 0 Å². The van der Waals surface area contributed by atoms with Crippen LogP contribution in [0.4, 0.5) is 0 Å². The number of para-hydroxylation sites is 2. The Morgan fingerprint density at radius 3 is 2.25 bits per heavy atom. The van der Waals surface area contributed by atoms with Crippen LogP contribution in [0, 0.1) is 0 Å². The van der Waals surface area contributed by atoms with Gasteiger partial charge in [0.1, 0.15) is 12.5 Å². The number of rotatable bonds is 6. The van der Waals surface area contributed by atoms with Gasteiger partial charge in [-0.3, -0.25) is 4.79 Å². The lowest BCUT2D eigenvalue weighted by molar-refractivity contribution is -0.139. The number of hydrogen-bond donors (Lipinski definition) is 1. The first kappa shape index (κ1) is 13.9. The molecular weight excluding hydrogens is 256 g/mol. The van der Waals surface area contributed by atoms with Gasteiger partial charge in [0.05, 0.1) is 7.11 Å². The van der Waals surface area contributed by atoms with Crippen LogP contribution in [0.25, 0.3) is 0 Å². The molecule has 1 unspecified atom stereocenters. The lowest BCUT2D eigenvalue weighted by Gasteiger charge is -2.15. The van der Waals surface area contributed by atoms with E-state index in [1.165, 1.54) is 0 Å². The van der Waals surface area contributed by atoms with Crippen LogP contribution in [0.15, 0.2) is 54.6 Å². The highest BCUT2D eigenvalue weighted by atomic mass is 16.5. The molecule has 4 nitrogen and oxygen atoms in total. The molecule has 0 amide bonds. The van der Waals surface area contributed by atoms with Crippen molar-refractivity contribution in [2.45, 2.75) is 5.92 Å². The van der Waals surface area contributed by atoms with E-state index >= 15 is 0 Å². The molecule has 104 valence electrons. The van der Waals surface area contributed by atoms with E-state index < -0.39 is 11.9 Å². The van der Waals surface area contributed by atoms with Crippen LogP contribution >= 0.6 is 0 Å². The molecule has 0 aliphatic rings. The fourth-order valence-corrected chi connectivity index (χ4v) is 1.91. The smallest absolute Gasteiger partial charge is 0.314 e. The van der Waals surface area contributed by atoms with E-state index in [4.69, 9.17) is 9.47 Å². The summed E-state index contributed by atoms with van der Waals surface area (Å²) < 4.78 is 10.8. The van der Waals surface area contributed by atoms with Gasteiger partial charge in [-0.1, -0.05) is 42.5 Å². The Balaban J connectivity index is 2.12. The minimum atomic E-state index is -0.911. The molecule has 1 atom stereocenters. The number of carboxylic acids is 1. The minimum Gasteiger partial charge on any atom is -0.493 e. The topological polar surface area (TPSA) is 55.8 Å². The van der Waals surface area contributed by atoms with Crippen LogP contribution in [0.1, 0.15) is 11.5 Å². The zero-order valence-electron chi connectivity index (χ0n) is 11.2. The summed E-state index contributed by atoms with van der Waals surface area (Å²) in [7, 11) is 1.55. The van der Waals surface area contributed by atoms with E-state index in [1.54, 1.807) is 31.4 Å². The highest BCUT2D eigenvalue weighted by Crippen LogP contribution is 2.27. The molecule has 0 aliphatic carbocycles. The standard InChI is InChI=1S/C16H16O4/c1-19-14-9-5-6-10-15(14)20-11-13(16(17)18)12-7-3-2-4-8-12/h2-10,13H,11H2,1H3,(H,17,18). The molecule has 2 aromatic carbocycles. The van der Waals surface area contributed by atoms with Crippen molar-refractivity contribution in [1.29, 1.82) is 0 Å². The summed E-state index contributed by atoms with van der Waals surface area (Å²) in [4.78, 5) is 11.4. The quantitative estimate of drug-likeness (QED) is 0.878. The zero-order valence-corrected chi connectivity index (χ0v) is 11.2. The van der Waals surface area contributed by atoms with Crippen molar-refractivity contribution >= 4 is 5.97 Å². The van der Waals surface area contributed by atoms with Gasteiger partial charge < -0.3 is 14.6 Å². The van der Waals surface area contributed by atoms with Gasteiger partial charge in [-0.25, -0.2) is 0 Å². The summed E-state index contributed by atoms with van der Waals surface area (Å²) in [5.41, 5.74) is 0.717. The highest BCUT2D eigenvalue weighted by Gasteiger charge is 2.21. The largest absolute Gasteiger partial charge is 0.493 e. The SMILES string of the molecule is COc1ccccc1OCC(C(=O)O)c1ccccc1. The molecule has 2 aromatic rings. The van der Waals surface area contributed by atoms with Crippen LogP contribution in [0.3, 0.4) is 0 Å². The second-order valence-corrected chi connectivity index (χ2v) is 4.26. The van der Waals surface area contributed by atoms with E-state index in [2.05, 4.69) is 0 Å². The predicted molar refractivity (Wildman–Crippen MR) is 75.3 cm³/mol. The summed E-state index contributed by atoms with van der Waals surface area (Å²) in [6.07, 6.45) is 0. The number of hydrogen-bond acceptors (Lipinski definition) is 3. The number of carboxylic acid groups (broad SMARTS) is 1. The van der Waals surface area contributed by atoms with Crippen LogP contribution in [0.5, 0.6) is 11.5 Å². The fourth-order valence-electron chi connectivity index (χ4n) is 1.91. The third-order valence-corrected chi connectivity index (χ3v) is 2.97. The minimum absolute atomic E-state index is 0.0553. The van der Waals surface area contributed by atoms with E-state index in [9.17, 15) is 9.90 Å². The Morgan fingerprint density at radius 2 is 1.65 bits per heavy atom. The zero-order chi connectivity index (χ0) is 14.4. The maximum absolute atomic E-state index is 11.4. The first-order chi connectivity index (χ1) is 9.72. The van der Waals surface area contributed by atoms with E-state index in [1.807, 2.05) is 30.3 Å². The molecule has 0 radical (unpaired) electrons. The molecule has 0 spiro atoms. The van der Waals surface area contributed by atoms with Crippen LogP contribution in [0.2, 0.25) is 0 Å². The first-order valence-electron chi connectivity index (χ1n) is 6.26. The van der Waals surface area contributed by atoms with Crippen LogP contribution in [-0.4, -0.2) is 24.8 Å². The molecule has 0 aromatic heterocycles. The molecular formula is C16H16O4. The van der Waals surface area contributed by atoms with Gasteiger partial charge >= 0.3 is 5.97 Å². The lowest BCUT2D eigenvalue weighted by Crippen LogP contribution is -2.19. The maximum Gasteiger partial charge on any atom is 0.314 e. The summed E-state index contributed by atoms with van der Waals surface area (Å²) in [6.45, 7) is 0.0553. The number of aliphatic carboxylic acids is 1. The van der Waals surface area contributed by atoms with Crippen LogP contribution in [-0.2, 0) is 4.79 Å². The number of carbonyl (C=O) groups is 1. The fraction of sp³-hybridized carbons (Fsp3) is 0.188. The molecule has 2 rings (SSSR count). The predicted octanol–water partition coefficient (Wildman–Crippen LogP) is 2.94. The van der Waals surface area contributed by atoms with E-state index in [0.717, 1.165) is 5.56 Å². The van der Waals surface area contributed by atoms with E-state index in [-0.39, 0.29) is 6.61 Å². The maximum atomic E-state index is 11.4. The number of ether oxygens (including phenoxy) is 2. The second-order valence-electron chi connectivity index (χ2n) is 4.26. The number of benzene rings is 2. The summed E-state index contributed by atoms with van der Waals surface area (Å²) in [5, 5.41) is 9.32. The molecule has 0 heterocycles. The molecule has 0 bridgehead atoms. The number of methoxy groups -OCH3 is 1. The average molecular weight is 272 g/mol. The molecule has 0 aliphatic heterocycles. The van der Waals surface area contributed by atoms with Crippen molar-refractivity contribution in [3.05, 3.63) is 60.2 Å². The molecule has 20 heavy (non-hydrogen) atoms. The van der Waals surface area contributed by atoms with Crippen LogP contribution < -0.4 is 9.47 Å². The van der Waals surface area contributed by atoms with Gasteiger partial charge in [-0.2, -0.15) is 0 Å². The third-order valence-electron chi connectivity index (χ3n) is 2.97. The van der Waals surface area contributed by atoms with Gasteiger partial charge in [0, 0.05) is 0 Å². The summed E-state index contributed by atoms with van der Waals surface area (Å²) in [6, 6.07) is 16.2. The highest BCUT2D eigenvalue weighted by molar-refractivity contribution is 5.76. The summed E-state index contributed by atoms with van der Waals surface area (Å²) >= 11 is 0. The average Bonchev–Trinajstić information content (AvgIpc) is 2.48. The molecule has 0 saturated carbocycles. The lowest BCUT2D eigenvalue weighted by atomic mass is 10.0. The van der Waals surface area contributed by atoms with Crippen molar-refractivity contribution in [3.8, 4) is 11.5 Å². The van der Waals surface area contributed by atoms with Gasteiger partial charge in [-0.05, 0) is 17.7 Å². The van der Waals surface area contributed by atoms with Gasteiger partial charge in [0.15, 0.2) is 11.5 Å². The first-order valence-corrected chi connectivity index (χ1v) is 6.26. The Bertz CT molecular complexity index is 566. The third kappa shape index (κ3) is 3.29. The van der Waals surface area contributed by atoms with Crippen molar-refractivity contribution in [3.63, 3.8) is 0 Å². The Morgan fingerprint density at radius 1 is 1.05 bits per heavy atom. The molecule has 0 saturated heterocycles. The second kappa shape index (κ2) is 6.61. The van der Waals surface area contributed by atoms with Crippen molar-refractivity contribution in [2.75, 3.05) is 13.7 Å². The van der Waals surface area contributed by atoms with Crippen molar-refractivity contribution in [2.24, 2.45) is 0 Å². The Kier molecular flexibility index (Phi) is 4.60.